The van der Waals surface area contributed by atoms with Gasteiger partial charge in [0.05, 0.1) is 10.4 Å². The maximum Gasteiger partial charge on any atom is 0.360 e. The smallest absolute Gasteiger partial charge is 0.360 e. The van der Waals surface area contributed by atoms with Gasteiger partial charge in [0.25, 0.3) is 5.91 Å². The molecule has 0 spiro atoms. The number of anilines is 1. The first-order chi connectivity index (χ1) is 12.9. The first-order valence-electron chi connectivity index (χ1n) is 7.75. The minimum absolute atomic E-state index is 0.00113. The number of hydrogen-bond donors (Lipinski definition) is 2. The van der Waals surface area contributed by atoms with E-state index in [0.717, 1.165) is 18.2 Å². The number of aromatic amines is 1. The molecule has 0 aliphatic carbocycles. The number of halogens is 1. The van der Waals surface area contributed by atoms with Gasteiger partial charge < -0.3 is 10.1 Å². The fraction of sp³-hybridized carbons (Fsp3) is 0.118. The van der Waals surface area contributed by atoms with Gasteiger partial charge >= 0.3 is 11.7 Å². The summed E-state index contributed by atoms with van der Waals surface area (Å²) in [7, 11) is 0. The number of carbonyl (C=O) groups is 2. The molecule has 0 saturated carbocycles. The Morgan fingerprint density at radius 3 is 2.78 bits per heavy atom. The summed E-state index contributed by atoms with van der Waals surface area (Å²) in [6, 6.07) is 9.81. The zero-order valence-electron chi connectivity index (χ0n) is 13.9. The van der Waals surface area contributed by atoms with Crippen LogP contribution in [0.2, 0.25) is 0 Å². The molecule has 1 atom stereocenters. The van der Waals surface area contributed by atoms with Crippen LogP contribution < -0.4 is 5.32 Å². The summed E-state index contributed by atoms with van der Waals surface area (Å²) in [5.41, 5.74) is -0.107. The van der Waals surface area contributed by atoms with Crippen molar-refractivity contribution in [2.24, 2.45) is 0 Å². The van der Waals surface area contributed by atoms with E-state index in [2.05, 4.69) is 15.5 Å². The van der Waals surface area contributed by atoms with Crippen LogP contribution in [0.5, 0.6) is 0 Å². The Hall–Kier alpha value is -3.82. The molecule has 27 heavy (non-hydrogen) atoms. The molecule has 2 aromatic carbocycles. The number of nitrogens with one attached hydrogen (secondary N) is 2. The number of nitro groups is 1. The molecule has 9 nitrogen and oxygen atoms in total. The van der Waals surface area contributed by atoms with Crippen molar-refractivity contribution in [2.75, 3.05) is 5.32 Å². The highest BCUT2D eigenvalue weighted by molar-refractivity contribution is 6.03. The number of esters is 1. The molecular weight excluding hydrogens is 359 g/mol. The minimum Gasteiger partial charge on any atom is -0.448 e. The van der Waals surface area contributed by atoms with Gasteiger partial charge in [-0.2, -0.15) is 9.49 Å². The van der Waals surface area contributed by atoms with Crippen LogP contribution in [0.25, 0.3) is 10.9 Å². The Morgan fingerprint density at radius 1 is 1.30 bits per heavy atom. The van der Waals surface area contributed by atoms with Crippen LogP contribution in [0.15, 0.2) is 42.5 Å². The Bertz CT molecular complexity index is 1050. The van der Waals surface area contributed by atoms with Gasteiger partial charge in [0, 0.05) is 17.1 Å². The number of para-hydroxylation sites is 1. The molecule has 10 heteroatoms. The van der Waals surface area contributed by atoms with Gasteiger partial charge in [-0.1, -0.05) is 18.2 Å². The molecule has 0 fully saturated rings. The van der Waals surface area contributed by atoms with E-state index in [1.54, 1.807) is 24.3 Å². The Balaban J connectivity index is 1.70. The summed E-state index contributed by atoms with van der Waals surface area (Å²) < 4.78 is 18.4. The van der Waals surface area contributed by atoms with Crippen LogP contribution in [0.4, 0.5) is 15.8 Å². The molecule has 0 unspecified atom stereocenters. The Kier molecular flexibility index (Phi) is 4.79. The molecule has 138 valence electrons. The maximum absolute atomic E-state index is 13.3. The molecule has 1 amide bonds. The second kappa shape index (κ2) is 7.20. The molecule has 3 rings (SSSR count). The summed E-state index contributed by atoms with van der Waals surface area (Å²) in [6.45, 7) is 1.33. The van der Waals surface area contributed by atoms with Crippen molar-refractivity contribution in [3.05, 3.63) is 64.1 Å². The monoisotopic (exact) mass is 372 g/mol. The molecule has 0 aliphatic rings. The first kappa shape index (κ1) is 18.0. The third-order valence-electron chi connectivity index (χ3n) is 3.73. The number of nitrogens with zero attached hydrogens (tertiary/aromatic N) is 2. The van der Waals surface area contributed by atoms with E-state index in [-0.39, 0.29) is 11.4 Å². The van der Waals surface area contributed by atoms with E-state index in [0.29, 0.717) is 10.9 Å². The van der Waals surface area contributed by atoms with Gasteiger partial charge in [0.1, 0.15) is 0 Å². The molecule has 0 radical (unpaired) electrons. The van der Waals surface area contributed by atoms with E-state index < -0.39 is 34.4 Å². The van der Waals surface area contributed by atoms with E-state index in [1.165, 1.54) is 6.92 Å². The van der Waals surface area contributed by atoms with Crippen LogP contribution in [0.1, 0.15) is 17.4 Å². The fourth-order valence-electron chi connectivity index (χ4n) is 2.36. The second-order valence-corrected chi connectivity index (χ2v) is 5.58. The average Bonchev–Trinajstić information content (AvgIpc) is 3.07. The number of hydrogen-bond acceptors (Lipinski definition) is 6. The Morgan fingerprint density at radius 2 is 2.04 bits per heavy atom. The standard InChI is InChI=1S/C17H13FN4O5/c1-9(16(23)19-10-6-7-12(18)14(8-10)22(25)26)27-17(24)15-11-4-2-3-5-13(11)20-21-15/h2-9H,1H3,(H,19,23)(H,20,21)/t9-/m1/s1. The fourth-order valence-corrected chi connectivity index (χ4v) is 2.36. The third kappa shape index (κ3) is 3.73. The summed E-state index contributed by atoms with van der Waals surface area (Å²) in [5.74, 6) is -2.56. The number of nitro benzene ring substituents is 1. The highest BCUT2D eigenvalue weighted by Crippen LogP contribution is 2.22. The number of ether oxygens (including phenoxy) is 1. The summed E-state index contributed by atoms with van der Waals surface area (Å²) >= 11 is 0. The van der Waals surface area contributed by atoms with Crippen molar-refractivity contribution in [1.29, 1.82) is 0 Å². The van der Waals surface area contributed by atoms with Crippen LogP contribution in [-0.2, 0) is 9.53 Å². The largest absolute Gasteiger partial charge is 0.448 e. The molecule has 0 bridgehead atoms. The molecule has 1 heterocycles. The zero-order valence-corrected chi connectivity index (χ0v) is 13.9. The molecular formula is C17H13FN4O5. The third-order valence-corrected chi connectivity index (χ3v) is 3.73. The van der Waals surface area contributed by atoms with Crippen LogP contribution in [-0.4, -0.2) is 33.1 Å². The summed E-state index contributed by atoms with van der Waals surface area (Å²) in [6.07, 6.45) is -1.21. The Labute approximate surface area is 151 Å². The SMILES string of the molecule is C[C@@H](OC(=O)c1n[nH]c2ccccc12)C(=O)Nc1ccc(F)c([N+](=O)[O-])c1. The lowest BCUT2D eigenvalue weighted by atomic mass is 10.2. The average molecular weight is 372 g/mol. The number of carbonyl (C=O) groups excluding carboxylic acids is 2. The second-order valence-electron chi connectivity index (χ2n) is 5.58. The highest BCUT2D eigenvalue weighted by atomic mass is 19.1. The summed E-state index contributed by atoms with van der Waals surface area (Å²) in [4.78, 5) is 34.3. The van der Waals surface area contributed by atoms with Crippen LogP contribution >= 0.6 is 0 Å². The number of fused-ring (bicyclic) bond motifs is 1. The van der Waals surface area contributed by atoms with Gasteiger partial charge in [-0.15, -0.1) is 0 Å². The van der Waals surface area contributed by atoms with E-state index in [9.17, 15) is 24.1 Å². The number of rotatable bonds is 5. The van der Waals surface area contributed by atoms with Crippen molar-refractivity contribution < 1.29 is 23.6 Å². The van der Waals surface area contributed by atoms with Gasteiger partial charge in [0.15, 0.2) is 11.8 Å². The van der Waals surface area contributed by atoms with Gasteiger partial charge in [0.2, 0.25) is 5.82 Å². The normalized spacial score (nSPS) is 11.8. The zero-order chi connectivity index (χ0) is 19.6. The topological polar surface area (TPSA) is 127 Å². The maximum atomic E-state index is 13.3. The lowest BCUT2D eigenvalue weighted by Crippen LogP contribution is -2.30. The van der Waals surface area contributed by atoms with E-state index in [1.807, 2.05) is 0 Å². The van der Waals surface area contributed by atoms with Crippen LogP contribution in [0.3, 0.4) is 0 Å². The van der Waals surface area contributed by atoms with E-state index >= 15 is 0 Å². The number of aromatic nitrogens is 2. The number of amides is 1. The van der Waals surface area contributed by atoms with Crippen molar-refractivity contribution in [2.45, 2.75) is 13.0 Å². The van der Waals surface area contributed by atoms with E-state index in [4.69, 9.17) is 4.74 Å². The molecule has 0 saturated heterocycles. The predicted molar refractivity (Wildman–Crippen MR) is 92.7 cm³/mol. The highest BCUT2D eigenvalue weighted by Gasteiger charge is 2.23. The van der Waals surface area contributed by atoms with Gasteiger partial charge in [-0.3, -0.25) is 20.0 Å². The predicted octanol–water partition coefficient (Wildman–Crippen LogP) is 2.79. The molecule has 0 aliphatic heterocycles. The molecule has 1 aromatic heterocycles. The van der Waals surface area contributed by atoms with Crippen molar-refractivity contribution in [1.82, 2.24) is 10.2 Å². The summed E-state index contributed by atoms with van der Waals surface area (Å²) in [5, 5.41) is 20.2. The van der Waals surface area contributed by atoms with Gasteiger partial charge in [-0.25, -0.2) is 4.79 Å². The molecule has 3 aromatic rings. The number of benzene rings is 2. The van der Waals surface area contributed by atoms with Crippen molar-refractivity contribution >= 4 is 34.2 Å². The number of H-pyrrole nitrogens is 1. The molecule has 2 N–H and O–H groups in total. The first-order valence-corrected chi connectivity index (χ1v) is 7.75. The van der Waals surface area contributed by atoms with Crippen molar-refractivity contribution in [3.8, 4) is 0 Å². The lowest BCUT2D eigenvalue weighted by molar-refractivity contribution is -0.387. The minimum atomic E-state index is -1.21. The quantitative estimate of drug-likeness (QED) is 0.403. The van der Waals surface area contributed by atoms with Crippen molar-refractivity contribution in [3.63, 3.8) is 0 Å². The lowest BCUT2D eigenvalue weighted by Gasteiger charge is -2.13. The van der Waals surface area contributed by atoms with Crippen LogP contribution in [0, 0.1) is 15.9 Å². The van der Waals surface area contributed by atoms with Gasteiger partial charge in [-0.05, 0) is 25.1 Å².